The summed E-state index contributed by atoms with van der Waals surface area (Å²) in [6.45, 7) is 1.13. The van der Waals surface area contributed by atoms with Crippen LogP contribution in [0.1, 0.15) is 18.4 Å². The van der Waals surface area contributed by atoms with Crippen LogP contribution in [0, 0.1) is 5.82 Å². The van der Waals surface area contributed by atoms with E-state index in [1.807, 2.05) is 0 Å². The van der Waals surface area contributed by atoms with E-state index < -0.39 is 5.82 Å². The van der Waals surface area contributed by atoms with Gasteiger partial charge in [-0.05, 0) is 30.5 Å². The van der Waals surface area contributed by atoms with Crippen molar-refractivity contribution in [1.82, 2.24) is 0 Å². The zero-order valence-corrected chi connectivity index (χ0v) is 8.99. The van der Waals surface area contributed by atoms with Crippen molar-refractivity contribution in [2.75, 3.05) is 13.2 Å². The predicted molar refractivity (Wildman–Crippen MR) is 56.8 cm³/mol. The molecule has 1 aliphatic rings. The Morgan fingerprint density at radius 1 is 1.44 bits per heavy atom. The SMILES string of the molecule is OCc1cc(F)cc(OC2CCCOC2)c1. The van der Waals surface area contributed by atoms with E-state index in [2.05, 4.69) is 0 Å². The molecule has 1 fully saturated rings. The van der Waals surface area contributed by atoms with Crippen LogP contribution >= 0.6 is 0 Å². The highest BCUT2D eigenvalue weighted by Gasteiger charge is 2.15. The highest BCUT2D eigenvalue weighted by molar-refractivity contribution is 5.29. The first-order chi connectivity index (χ1) is 7.78. The van der Waals surface area contributed by atoms with Crippen molar-refractivity contribution in [3.63, 3.8) is 0 Å². The average Bonchev–Trinajstić information content (AvgIpc) is 2.29. The van der Waals surface area contributed by atoms with Crippen molar-refractivity contribution in [3.05, 3.63) is 29.6 Å². The molecule has 1 aliphatic heterocycles. The van der Waals surface area contributed by atoms with Crippen molar-refractivity contribution >= 4 is 0 Å². The zero-order chi connectivity index (χ0) is 11.4. The fraction of sp³-hybridized carbons (Fsp3) is 0.500. The summed E-state index contributed by atoms with van der Waals surface area (Å²) in [5.74, 6) is 0.0674. The van der Waals surface area contributed by atoms with Crippen LogP contribution < -0.4 is 4.74 Å². The Labute approximate surface area is 93.8 Å². The molecule has 0 radical (unpaired) electrons. The molecule has 2 rings (SSSR count). The van der Waals surface area contributed by atoms with Crippen molar-refractivity contribution in [2.45, 2.75) is 25.6 Å². The van der Waals surface area contributed by atoms with Crippen LogP contribution in [0.5, 0.6) is 5.75 Å². The molecule has 88 valence electrons. The third-order valence-corrected chi connectivity index (χ3v) is 2.53. The van der Waals surface area contributed by atoms with Gasteiger partial charge >= 0.3 is 0 Å². The molecular weight excluding hydrogens is 211 g/mol. The molecule has 0 bridgehead atoms. The van der Waals surface area contributed by atoms with Gasteiger partial charge in [-0.2, -0.15) is 0 Å². The molecule has 16 heavy (non-hydrogen) atoms. The minimum atomic E-state index is -0.390. The van der Waals surface area contributed by atoms with Crippen LogP contribution in [-0.2, 0) is 11.3 Å². The van der Waals surface area contributed by atoms with Crippen LogP contribution in [0.15, 0.2) is 18.2 Å². The first-order valence-corrected chi connectivity index (χ1v) is 5.42. The van der Waals surface area contributed by atoms with Crippen LogP contribution in [0.25, 0.3) is 0 Å². The highest BCUT2D eigenvalue weighted by Crippen LogP contribution is 2.20. The van der Waals surface area contributed by atoms with E-state index in [0.29, 0.717) is 17.9 Å². The van der Waals surface area contributed by atoms with Gasteiger partial charge < -0.3 is 14.6 Å². The maximum absolute atomic E-state index is 13.1. The summed E-state index contributed by atoms with van der Waals surface area (Å²) in [7, 11) is 0. The van der Waals surface area contributed by atoms with Gasteiger partial charge in [0.15, 0.2) is 0 Å². The molecule has 1 aromatic rings. The quantitative estimate of drug-likeness (QED) is 0.855. The minimum absolute atomic E-state index is 0.0120. The van der Waals surface area contributed by atoms with Gasteiger partial charge in [-0.3, -0.25) is 0 Å². The topological polar surface area (TPSA) is 38.7 Å². The number of aliphatic hydroxyl groups is 1. The fourth-order valence-electron chi connectivity index (χ4n) is 1.78. The van der Waals surface area contributed by atoms with E-state index in [-0.39, 0.29) is 12.7 Å². The second-order valence-electron chi connectivity index (χ2n) is 3.91. The first kappa shape index (κ1) is 11.4. The molecule has 0 aromatic heterocycles. The van der Waals surface area contributed by atoms with Gasteiger partial charge in [-0.15, -0.1) is 0 Å². The fourth-order valence-corrected chi connectivity index (χ4v) is 1.78. The van der Waals surface area contributed by atoms with E-state index in [1.54, 1.807) is 6.07 Å². The normalized spacial score (nSPS) is 20.8. The monoisotopic (exact) mass is 226 g/mol. The summed E-state index contributed by atoms with van der Waals surface area (Å²) in [5, 5.41) is 8.95. The lowest BCUT2D eigenvalue weighted by molar-refractivity contribution is 0.00724. The Kier molecular flexibility index (Phi) is 3.74. The summed E-state index contributed by atoms with van der Waals surface area (Å²) in [6, 6.07) is 4.27. The van der Waals surface area contributed by atoms with E-state index >= 15 is 0 Å². The van der Waals surface area contributed by atoms with Crippen molar-refractivity contribution in [3.8, 4) is 5.75 Å². The maximum atomic E-state index is 13.1. The Balaban J connectivity index is 2.04. The Morgan fingerprint density at radius 3 is 3.00 bits per heavy atom. The molecule has 4 heteroatoms. The van der Waals surface area contributed by atoms with Gasteiger partial charge in [0.2, 0.25) is 0 Å². The van der Waals surface area contributed by atoms with Gasteiger partial charge in [-0.1, -0.05) is 0 Å². The number of hydrogen-bond donors (Lipinski definition) is 1. The third-order valence-electron chi connectivity index (χ3n) is 2.53. The van der Waals surface area contributed by atoms with Crippen LogP contribution in [0.2, 0.25) is 0 Å². The third kappa shape index (κ3) is 2.93. The lowest BCUT2D eigenvalue weighted by Gasteiger charge is -2.23. The molecule has 1 saturated heterocycles. The largest absolute Gasteiger partial charge is 0.488 e. The molecule has 0 amide bonds. The van der Waals surface area contributed by atoms with Gasteiger partial charge in [0.1, 0.15) is 17.7 Å². The lowest BCUT2D eigenvalue weighted by atomic mass is 10.1. The average molecular weight is 226 g/mol. The summed E-state index contributed by atoms with van der Waals surface area (Å²) in [6.07, 6.45) is 1.87. The number of halogens is 1. The van der Waals surface area contributed by atoms with Crippen molar-refractivity contribution in [2.24, 2.45) is 0 Å². The van der Waals surface area contributed by atoms with Crippen molar-refractivity contribution < 1.29 is 19.0 Å². The molecule has 0 saturated carbocycles. The molecular formula is C12H15FO3. The molecule has 1 aromatic carbocycles. The Bertz CT molecular complexity index is 348. The number of rotatable bonds is 3. The molecule has 1 N–H and O–H groups in total. The standard InChI is InChI=1S/C12H15FO3/c13-10-4-9(7-14)5-12(6-10)16-11-2-1-3-15-8-11/h4-6,11,14H,1-3,7-8H2. The minimum Gasteiger partial charge on any atom is -0.488 e. The van der Waals surface area contributed by atoms with E-state index in [4.69, 9.17) is 14.6 Å². The first-order valence-electron chi connectivity index (χ1n) is 5.42. The Hall–Kier alpha value is -1.13. The molecule has 0 spiro atoms. The highest BCUT2D eigenvalue weighted by atomic mass is 19.1. The summed E-state index contributed by atoms with van der Waals surface area (Å²) >= 11 is 0. The van der Waals surface area contributed by atoms with Crippen LogP contribution in [-0.4, -0.2) is 24.4 Å². The van der Waals surface area contributed by atoms with Crippen molar-refractivity contribution in [1.29, 1.82) is 0 Å². The zero-order valence-electron chi connectivity index (χ0n) is 8.99. The molecule has 1 atom stereocenters. The summed E-state index contributed by atoms with van der Waals surface area (Å²) < 4.78 is 24.0. The number of hydrogen-bond acceptors (Lipinski definition) is 3. The second-order valence-corrected chi connectivity index (χ2v) is 3.91. The smallest absolute Gasteiger partial charge is 0.127 e. The molecule has 1 unspecified atom stereocenters. The van der Waals surface area contributed by atoms with Crippen LogP contribution in [0.3, 0.4) is 0 Å². The van der Waals surface area contributed by atoms with Gasteiger partial charge in [0.05, 0.1) is 13.2 Å². The van der Waals surface area contributed by atoms with E-state index in [9.17, 15) is 4.39 Å². The maximum Gasteiger partial charge on any atom is 0.127 e. The summed E-state index contributed by atoms with van der Waals surface area (Å²) in [4.78, 5) is 0. The molecule has 0 aliphatic carbocycles. The van der Waals surface area contributed by atoms with Gasteiger partial charge in [-0.25, -0.2) is 4.39 Å². The van der Waals surface area contributed by atoms with Gasteiger partial charge in [0.25, 0.3) is 0 Å². The number of aliphatic hydroxyl groups excluding tert-OH is 1. The van der Waals surface area contributed by atoms with E-state index in [0.717, 1.165) is 19.4 Å². The second kappa shape index (κ2) is 5.27. The number of benzene rings is 1. The molecule has 3 nitrogen and oxygen atoms in total. The molecule has 1 heterocycles. The Morgan fingerprint density at radius 2 is 2.31 bits per heavy atom. The van der Waals surface area contributed by atoms with Gasteiger partial charge in [0, 0.05) is 12.7 Å². The lowest BCUT2D eigenvalue weighted by Crippen LogP contribution is -2.28. The van der Waals surface area contributed by atoms with Crippen LogP contribution in [0.4, 0.5) is 4.39 Å². The summed E-state index contributed by atoms with van der Waals surface area (Å²) in [5.41, 5.74) is 0.520. The predicted octanol–water partition coefficient (Wildman–Crippen LogP) is 1.88. The van der Waals surface area contributed by atoms with E-state index in [1.165, 1.54) is 12.1 Å². The number of ether oxygens (including phenoxy) is 2.